The highest BCUT2D eigenvalue weighted by molar-refractivity contribution is 14.0. The summed E-state index contributed by atoms with van der Waals surface area (Å²) in [6.45, 7) is 5.92. The van der Waals surface area contributed by atoms with E-state index in [0.717, 1.165) is 38.3 Å². The Morgan fingerprint density at radius 2 is 1.81 bits per heavy atom. The maximum atomic E-state index is 4.72. The minimum atomic E-state index is 0. The number of nitrogens with zero attached hydrogens (tertiary/aromatic N) is 1. The maximum absolute atomic E-state index is 4.72. The summed E-state index contributed by atoms with van der Waals surface area (Å²) in [5, 5.41) is 6.83. The molecule has 0 heterocycles. The molecule has 1 aliphatic rings. The predicted octanol–water partition coefficient (Wildman–Crippen LogP) is 3.64. The summed E-state index contributed by atoms with van der Waals surface area (Å²) in [4.78, 5) is 4.72. The molecule has 0 saturated heterocycles. The van der Waals surface area contributed by atoms with Crippen molar-refractivity contribution in [2.45, 2.75) is 45.7 Å². The van der Waals surface area contributed by atoms with E-state index in [1.807, 2.05) is 0 Å². The van der Waals surface area contributed by atoms with Crippen molar-refractivity contribution >= 4 is 29.9 Å². The van der Waals surface area contributed by atoms with Crippen LogP contribution in [0.15, 0.2) is 41.4 Å². The zero-order valence-electron chi connectivity index (χ0n) is 12.9. The topological polar surface area (TPSA) is 36.4 Å². The molecule has 0 atom stereocenters. The molecule has 1 aromatic carbocycles. The van der Waals surface area contributed by atoms with Gasteiger partial charge in [0.05, 0.1) is 6.54 Å². The smallest absolute Gasteiger partial charge is 0.191 e. The van der Waals surface area contributed by atoms with E-state index < -0.39 is 0 Å². The zero-order valence-corrected chi connectivity index (χ0v) is 15.3. The lowest BCUT2D eigenvalue weighted by Gasteiger charge is -2.17. The molecule has 3 nitrogen and oxygen atoms in total. The summed E-state index contributed by atoms with van der Waals surface area (Å²) in [6.07, 6.45) is 7.70. The van der Waals surface area contributed by atoms with E-state index in [9.17, 15) is 0 Å². The number of rotatable bonds is 5. The van der Waals surface area contributed by atoms with E-state index in [1.54, 1.807) is 0 Å². The van der Waals surface area contributed by atoms with Gasteiger partial charge in [0, 0.05) is 12.6 Å². The highest BCUT2D eigenvalue weighted by Gasteiger charge is 2.11. The molecule has 1 aliphatic carbocycles. The van der Waals surface area contributed by atoms with Gasteiger partial charge in [0.25, 0.3) is 0 Å². The molecule has 0 unspecified atom stereocenters. The minimum Gasteiger partial charge on any atom is -0.357 e. The molecule has 0 radical (unpaired) electrons. The van der Waals surface area contributed by atoms with E-state index >= 15 is 0 Å². The summed E-state index contributed by atoms with van der Waals surface area (Å²) in [5.41, 5.74) is 2.70. The highest BCUT2D eigenvalue weighted by atomic mass is 127. The van der Waals surface area contributed by atoms with E-state index in [0.29, 0.717) is 6.04 Å². The minimum absolute atomic E-state index is 0. The van der Waals surface area contributed by atoms with Crippen LogP contribution in [0.4, 0.5) is 0 Å². The first-order valence-electron chi connectivity index (χ1n) is 7.60. The van der Waals surface area contributed by atoms with Crippen LogP contribution in [0.5, 0.6) is 0 Å². The van der Waals surface area contributed by atoms with Gasteiger partial charge in [-0.3, -0.25) is 0 Å². The van der Waals surface area contributed by atoms with Crippen LogP contribution in [0.1, 0.15) is 37.8 Å². The van der Waals surface area contributed by atoms with Crippen LogP contribution in [0.3, 0.4) is 0 Å². The van der Waals surface area contributed by atoms with Gasteiger partial charge in [-0.1, -0.05) is 43.3 Å². The number of aliphatic imine (C=N–C) groups is 1. The van der Waals surface area contributed by atoms with Crippen molar-refractivity contribution in [1.82, 2.24) is 10.6 Å². The largest absolute Gasteiger partial charge is 0.357 e. The van der Waals surface area contributed by atoms with Crippen LogP contribution in [0.25, 0.3) is 0 Å². The Morgan fingerprint density at radius 1 is 1.14 bits per heavy atom. The van der Waals surface area contributed by atoms with Crippen LogP contribution >= 0.6 is 24.0 Å². The first-order valence-corrected chi connectivity index (χ1v) is 7.60. The molecule has 0 aliphatic heterocycles. The van der Waals surface area contributed by atoms with Crippen molar-refractivity contribution in [3.05, 3.63) is 47.5 Å². The number of aryl methyl sites for hydroxylation is 1. The number of hydrogen-bond acceptors (Lipinski definition) is 1. The van der Waals surface area contributed by atoms with Crippen molar-refractivity contribution in [3.63, 3.8) is 0 Å². The SMILES string of the molecule is CCNC(=NCc1ccccc1CC)NC1CC=CC1.I. The third-order valence-corrected chi connectivity index (χ3v) is 3.60. The van der Waals surface area contributed by atoms with Gasteiger partial charge in [-0.2, -0.15) is 0 Å². The molecule has 116 valence electrons. The van der Waals surface area contributed by atoms with Gasteiger partial charge in [0.1, 0.15) is 0 Å². The Labute approximate surface area is 145 Å². The van der Waals surface area contributed by atoms with E-state index in [-0.39, 0.29) is 24.0 Å². The molecule has 1 aromatic rings. The van der Waals surface area contributed by atoms with Crippen molar-refractivity contribution < 1.29 is 0 Å². The zero-order chi connectivity index (χ0) is 14.2. The van der Waals surface area contributed by atoms with Gasteiger partial charge in [-0.25, -0.2) is 4.99 Å². The molecule has 0 fully saturated rings. The fraction of sp³-hybridized carbons (Fsp3) is 0.471. The molecular weight excluding hydrogens is 373 g/mol. The number of guanidine groups is 1. The second-order valence-electron chi connectivity index (χ2n) is 5.10. The summed E-state index contributed by atoms with van der Waals surface area (Å²) < 4.78 is 0. The predicted molar refractivity (Wildman–Crippen MR) is 101 cm³/mol. The number of halogens is 1. The normalized spacial score (nSPS) is 14.9. The third kappa shape index (κ3) is 5.69. The molecule has 0 bridgehead atoms. The summed E-state index contributed by atoms with van der Waals surface area (Å²) in [7, 11) is 0. The third-order valence-electron chi connectivity index (χ3n) is 3.60. The Balaban J connectivity index is 0.00000220. The molecule has 0 aromatic heterocycles. The fourth-order valence-corrected chi connectivity index (χ4v) is 2.47. The Kier molecular flexibility index (Phi) is 8.42. The summed E-state index contributed by atoms with van der Waals surface area (Å²) in [6, 6.07) is 9.04. The second kappa shape index (κ2) is 9.82. The average molecular weight is 399 g/mol. The molecule has 0 saturated carbocycles. The van der Waals surface area contributed by atoms with E-state index in [2.05, 4.69) is 60.9 Å². The van der Waals surface area contributed by atoms with Gasteiger partial charge < -0.3 is 10.6 Å². The lowest BCUT2D eigenvalue weighted by molar-refractivity contribution is 0.633. The van der Waals surface area contributed by atoms with Gasteiger partial charge in [0.2, 0.25) is 0 Å². The molecule has 0 spiro atoms. The summed E-state index contributed by atoms with van der Waals surface area (Å²) in [5.74, 6) is 0.923. The highest BCUT2D eigenvalue weighted by Crippen LogP contribution is 2.11. The van der Waals surface area contributed by atoms with Crippen molar-refractivity contribution in [3.8, 4) is 0 Å². The number of hydrogen-bond donors (Lipinski definition) is 2. The summed E-state index contributed by atoms with van der Waals surface area (Å²) >= 11 is 0. The first-order chi connectivity index (χ1) is 9.83. The standard InChI is InChI=1S/C17H25N3.HI/c1-3-14-9-5-6-10-15(14)13-19-17(18-4-2)20-16-11-7-8-12-16;/h5-10,16H,3-4,11-13H2,1-2H3,(H2,18,19,20);1H. The van der Waals surface area contributed by atoms with Crippen LogP contribution in [-0.2, 0) is 13.0 Å². The van der Waals surface area contributed by atoms with Crippen LogP contribution < -0.4 is 10.6 Å². The molecule has 4 heteroatoms. The Bertz CT molecular complexity index is 475. The fourth-order valence-electron chi connectivity index (χ4n) is 2.47. The monoisotopic (exact) mass is 399 g/mol. The molecular formula is C17H26IN3. The lowest BCUT2D eigenvalue weighted by atomic mass is 10.1. The molecule has 2 rings (SSSR count). The van der Waals surface area contributed by atoms with Gasteiger partial charge in [0.15, 0.2) is 5.96 Å². The first kappa shape index (κ1) is 18.0. The van der Waals surface area contributed by atoms with Crippen molar-refractivity contribution in [2.24, 2.45) is 4.99 Å². The quantitative estimate of drug-likeness (QED) is 0.343. The van der Waals surface area contributed by atoms with E-state index in [1.165, 1.54) is 11.1 Å². The lowest BCUT2D eigenvalue weighted by Crippen LogP contribution is -2.42. The van der Waals surface area contributed by atoms with Crippen molar-refractivity contribution in [1.29, 1.82) is 0 Å². The van der Waals surface area contributed by atoms with E-state index in [4.69, 9.17) is 4.99 Å². The van der Waals surface area contributed by atoms with Crippen molar-refractivity contribution in [2.75, 3.05) is 6.54 Å². The van der Waals surface area contributed by atoms with Gasteiger partial charge >= 0.3 is 0 Å². The molecule has 21 heavy (non-hydrogen) atoms. The maximum Gasteiger partial charge on any atom is 0.191 e. The Hall–Kier alpha value is -1.04. The van der Waals surface area contributed by atoms with Gasteiger partial charge in [-0.15, -0.1) is 24.0 Å². The molecule has 2 N–H and O–H groups in total. The molecule has 0 amide bonds. The number of nitrogens with one attached hydrogen (secondary N) is 2. The number of benzene rings is 1. The Morgan fingerprint density at radius 3 is 2.43 bits per heavy atom. The second-order valence-corrected chi connectivity index (χ2v) is 5.10. The van der Waals surface area contributed by atoms with Crippen LogP contribution in [0.2, 0.25) is 0 Å². The average Bonchev–Trinajstić information content (AvgIpc) is 2.98. The van der Waals surface area contributed by atoms with Crippen LogP contribution in [-0.4, -0.2) is 18.5 Å². The van der Waals surface area contributed by atoms with Gasteiger partial charge in [-0.05, 0) is 37.3 Å². The van der Waals surface area contributed by atoms with Crippen LogP contribution in [0, 0.1) is 0 Å².